The number of hydrogen-bond acceptors (Lipinski definition) is 4. The quantitative estimate of drug-likeness (QED) is 0.393. The van der Waals surface area contributed by atoms with Crippen molar-refractivity contribution in [3.05, 3.63) is 53.2 Å². The molecular formula is C17H21N3O2. The number of pyridine rings is 1. The van der Waals surface area contributed by atoms with E-state index in [1.54, 1.807) is 12.1 Å². The van der Waals surface area contributed by atoms with Crippen LogP contribution in [0.1, 0.15) is 37.5 Å². The molecule has 2 aromatic rings. The molecular weight excluding hydrogens is 278 g/mol. The summed E-state index contributed by atoms with van der Waals surface area (Å²) >= 11 is 0. The van der Waals surface area contributed by atoms with Crippen molar-refractivity contribution in [2.45, 2.75) is 33.1 Å². The molecule has 0 saturated carbocycles. The Kier molecular flexibility index (Phi) is 4.35. The van der Waals surface area contributed by atoms with Crippen LogP contribution >= 0.6 is 0 Å². The lowest BCUT2D eigenvalue weighted by molar-refractivity contribution is 0.318. The predicted molar refractivity (Wildman–Crippen MR) is 86.7 cm³/mol. The van der Waals surface area contributed by atoms with Crippen molar-refractivity contribution in [3.8, 4) is 11.6 Å². The van der Waals surface area contributed by atoms with E-state index in [0.29, 0.717) is 11.4 Å². The van der Waals surface area contributed by atoms with E-state index in [1.807, 2.05) is 12.1 Å². The molecule has 0 aliphatic heterocycles. The van der Waals surface area contributed by atoms with Crippen molar-refractivity contribution < 1.29 is 9.94 Å². The third-order valence-electron chi connectivity index (χ3n) is 3.30. The fourth-order valence-electron chi connectivity index (χ4n) is 2.08. The molecule has 0 bridgehead atoms. The number of benzene rings is 1. The summed E-state index contributed by atoms with van der Waals surface area (Å²) in [7, 11) is 0. The summed E-state index contributed by atoms with van der Waals surface area (Å²) in [5.74, 6) is 1.26. The fourth-order valence-corrected chi connectivity index (χ4v) is 2.08. The van der Waals surface area contributed by atoms with E-state index < -0.39 is 0 Å². The highest BCUT2D eigenvalue weighted by molar-refractivity contribution is 5.96. The molecule has 0 radical (unpaired) electrons. The molecule has 0 saturated heterocycles. The SMILES string of the molecule is Cc1ccc(Oc2ccc(/C(N)=N/O)cn2)c(C(C)(C)C)c1. The Balaban J connectivity index is 2.31. The molecule has 0 spiro atoms. The molecule has 5 nitrogen and oxygen atoms in total. The summed E-state index contributed by atoms with van der Waals surface area (Å²) in [5.41, 5.74) is 8.33. The number of aryl methyl sites for hydroxylation is 1. The second kappa shape index (κ2) is 6.05. The lowest BCUT2D eigenvalue weighted by atomic mass is 9.85. The molecule has 0 amide bonds. The number of oxime groups is 1. The van der Waals surface area contributed by atoms with E-state index in [0.717, 1.165) is 11.3 Å². The second-order valence-corrected chi connectivity index (χ2v) is 6.22. The molecule has 0 atom stereocenters. The Bertz CT molecular complexity index is 686. The summed E-state index contributed by atoms with van der Waals surface area (Å²) in [6.07, 6.45) is 1.51. The van der Waals surface area contributed by atoms with Crippen LogP contribution in [0.15, 0.2) is 41.7 Å². The van der Waals surface area contributed by atoms with Crippen LogP contribution in [0.5, 0.6) is 11.6 Å². The predicted octanol–water partition coefficient (Wildman–Crippen LogP) is 3.57. The van der Waals surface area contributed by atoms with Gasteiger partial charge in [0.15, 0.2) is 5.84 Å². The molecule has 22 heavy (non-hydrogen) atoms. The topological polar surface area (TPSA) is 80.7 Å². The maximum absolute atomic E-state index is 8.65. The van der Waals surface area contributed by atoms with Gasteiger partial charge in [0.25, 0.3) is 0 Å². The van der Waals surface area contributed by atoms with Crippen LogP contribution in [-0.2, 0) is 5.41 Å². The highest BCUT2D eigenvalue weighted by Gasteiger charge is 2.19. The minimum atomic E-state index is -0.0325. The minimum Gasteiger partial charge on any atom is -0.439 e. The first-order chi connectivity index (χ1) is 10.3. The van der Waals surface area contributed by atoms with E-state index in [4.69, 9.17) is 15.7 Å². The standard InChI is InChI=1S/C17H21N3O2/c1-11-5-7-14(13(9-11)17(2,3)4)22-15-8-6-12(10-19-15)16(18)20-21/h5-10,21H,1-4H3,(H2,18,20). The van der Waals surface area contributed by atoms with Crippen LogP contribution in [-0.4, -0.2) is 16.0 Å². The van der Waals surface area contributed by atoms with Crippen molar-refractivity contribution in [3.63, 3.8) is 0 Å². The average Bonchev–Trinajstić information content (AvgIpc) is 2.48. The second-order valence-electron chi connectivity index (χ2n) is 6.22. The number of amidine groups is 1. The summed E-state index contributed by atoms with van der Waals surface area (Å²) in [6.45, 7) is 8.49. The van der Waals surface area contributed by atoms with Gasteiger partial charge in [-0.3, -0.25) is 0 Å². The third-order valence-corrected chi connectivity index (χ3v) is 3.30. The van der Waals surface area contributed by atoms with Gasteiger partial charge in [-0.2, -0.15) is 0 Å². The number of rotatable bonds is 3. The molecule has 1 aromatic carbocycles. The first-order valence-electron chi connectivity index (χ1n) is 7.04. The Morgan fingerprint density at radius 1 is 1.23 bits per heavy atom. The number of nitrogens with two attached hydrogens (primary N) is 1. The summed E-state index contributed by atoms with van der Waals surface area (Å²) < 4.78 is 5.91. The highest BCUT2D eigenvalue weighted by atomic mass is 16.5. The third kappa shape index (κ3) is 3.55. The first-order valence-corrected chi connectivity index (χ1v) is 7.04. The maximum atomic E-state index is 8.65. The van der Waals surface area contributed by atoms with Gasteiger partial charge in [0.05, 0.1) is 0 Å². The van der Waals surface area contributed by atoms with Gasteiger partial charge in [0.1, 0.15) is 5.75 Å². The minimum absolute atomic E-state index is 0.0183. The van der Waals surface area contributed by atoms with Crippen LogP contribution in [0.4, 0.5) is 0 Å². The molecule has 0 fully saturated rings. The van der Waals surface area contributed by atoms with Gasteiger partial charge >= 0.3 is 0 Å². The van der Waals surface area contributed by atoms with Crippen LogP contribution < -0.4 is 10.5 Å². The van der Waals surface area contributed by atoms with Crippen LogP contribution in [0.2, 0.25) is 0 Å². The summed E-state index contributed by atoms with van der Waals surface area (Å²) in [4.78, 5) is 4.19. The Morgan fingerprint density at radius 2 is 1.95 bits per heavy atom. The van der Waals surface area contributed by atoms with Gasteiger partial charge in [-0.1, -0.05) is 43.6 Å². The Labute approximate surface area is 130 Å². The lowest BCUT2D eigenvalue weighted by Gasteiger charge is -2.23. The molecule has 0 aliphatic rings. The van der Waals surface area contributed by atoms with Crippen LogP contribution in [0, 0.1) is 6.92 Å². The van der Waals surface area contributed by atoms with Crippen molar-refractivity contribution in [2.24, 2.45) is 10.9 Å². The molecule has 0 aliphatic carbocycles. The van der Waals surface area contributed by atoms with Gasteiger partial charge in [0.2, 0.25) is 5.88 Å². The first kappa shape index (κ1) is 15.8. The monoisotopic (exact) mass is 299 g/mol. The molecule has 0 unspecified atom stereocenters. The van der Waals surface area contributed by atoms with E-state index in [1.165, 1.54) is 11.8 Å². The summed E-state index contributed by atoms with van der Waals surface area (Å²) in [6, 6.07) is 9.48. The van der Waals surface area contributed by atoms with Crippen molar-refractivity contribution >= 4 is 5.84 Å². The van der Waals surface area contributed by atoms with E-state index in [9.17, 15) is 0 Å². The zero-order chi connectivity index (χ0) is 16.3. The Morgan fingerprint density at radius 3 is 2.50 bits per heavy atom. The van der Waals surface area contributed by atoms with Crippen molar-refractivity contribution in [1.29, 1.82) is 0 Å². The normalized spacial score (nSPS) is 12.3. The number of ether oxygens (including phenoxy) is 1. The van der Waals surface area contributed by atoms with Gasteiger partial charge < -0.3 is 15.7 Å². The number of nitrogens with zero attached hydrogens (tertiary/aromatic N) is 2. The van der Waals surface area contributed by atoms with Gasteiger partial charge in [-0.25, -0.2) is 4.98 Å². The average molecular weight is 299 g/mol. The van der Waals surface area contributed by atoms with Crippen LogP contribution in [0.3, 0.4) is 0 Å². The lowest BCUT2D eigenvalue weighted by Crippen LogP contribution is -2.14. The van der Waals surface area contributed by atoms with E-state index >= 15 is 0 Å². The molecule has 116 valence electrons. The number of hydrogen-bond donors (Lipinski definition) is 2. The molecule has 1 aromatic heterocycles. The molecule has 1 heterocycles. The van der Waals surface area contributed by atoms with Gasteiger partial charge in [0, 0.05) is 23.4 Å². The number of aromatic nitrogens is 1. The van der Waals surface area contributed by atoms with Crippen molar-refractivity contribution in [1.82, 2.24) is 4.98 Å². The van der Waals surface area contributed by atoms with Gasteiger partial charge in [-0.15, -0.1) is 0 Å². The van der Waals surface area contributed by atoms with Crippen molar-refractivity contribution in [2.75, 3.05) is 0 Å². The van der Waals surface area contributed by atoms with E-state index in [-0.39, 0.29) is 11.3 Å². The fraction of sp³-hybridized carbons (Fsp3) is 0.294. The summed E-state index contributed by atoms with van der Waals surface area (Å²) in [5, 5.41) is 11.6. The molecule has 5 heteroatoms. The zero-order valence-corrected chi connectivity index (χ0v) is 13.3. The van der Waals surface area contributed by atoms with Crippen LogP contribution in [0.25, 0.3) is 0 Å². The highest BCUT2D eigenvalue weighted by Crippen LogP contribution is 2.34. The Hall–Kier alpha value is -2.56. The maximum Gasteiger partial charge on any atom is 0.219 e. The zero-order valence-electron chi connectivity index (χ0n) is 13.3. The smallest absolute Gasteiger partial charge is 0.219 e. The molecule has 3 N–H and O–H groups in total. The largest absolute Gasteiger partial charge is 0.439 e. The van der Waals surface area contributed by atoms with Gasteiger partial charge in [-0.05, 0) is 24.5 Å². The van der Waals surface area contributed by atoms with E-state index in [2.05, 4.69) is 43.9 Å². The molecule has 2 rings (SSSR count).